The molecule has 0 spiro atoms. The van der Waals surface area contributed by atoms with Crippen LogP contribution in [0.15, 0.2) is 108 Å². The van der Waals surface area contributed by atoms with Crippen LogP contribution in [0.2, 0.25) is 0 Å². The van der Waals surface area contributed by atoms with Gasteiger partial charge in [0.05, 0.1) is 6.04 Å². The van der Waals surface area contributed by atoms with Crippen molar-refractivity contribution in [2.75, 3.05) is 19.6 Å². The van der Waals surface area contributed by atoms with Crippen LogP contribution in [-0.2, 0) is 11.2 Å². The van der Waals surface area contributed by atoms with Crippen molar-refractivity contribution >= 4 is 22.6 Å². The van der Waals surface area contributed by atoms with Crippen LogP contribution in [0.3, 0.4) is 0 Å². The van der Waals surface area contributed by atoms with E-state index in [1.807, 2.05) is 17.0 Å². The van der Waals surface area contributed by atoms with E-state index < -0.39 is 0 Å². The van der Waals surface area contributed by atoms with Gasteiger partial charge in [0, 0.05) is 37.6 Å². The summed E-state index contributed by atoms with van der Waals surface area (Å²) in [5, 5.41) is 6.10. The maximum absolute atomic E-state index is 14.1. The molecule has 4 aromatic carbocycles. The first-order valence-corrected chi connectivity index (χ1v) is 14.9. The second kappa shape index (κ2) is 14.1. The highest BCUT2D eigenvalue weighted by Crippen LogP contribution is 2.27. The van der Waals surface area contributed by atoms with E-state index in [4.69, 9.17) is 17.2 Å². The van der Waals surface area contributed by atoms with Crippen molar-refractivity contribution in [3.63, 3.8) is 0 Å². The van der Waals surface area contributed by atoms with E-state index in [1.165, 1.54) is 27.5 Å². The lowest BCUT2D eigenvalue weighted by Crippen LogP contribution is -2.52. The highest BCUT2D eigenvalue weighted by atomic mass is 16.2. The SMILES string of the molecule is NC(N)=NCCC[C@@H]1NC([C@@H](N)Cc2ccc3ccccc3c2)CCN(CC(c2ccccc2)c2ccccc2)C1=O. The Morgan fingerprint density at radius 3 is 2.19 bits per heavy atom. The van der Waals surface area contributed by atoms with Crippen molar-refractivity contribution in [1.82, 2.24) is 10.2 Å². The van der Waals surface area contributed by atoms with Crippen LogP contribution in [0.5, 0.6) is 0 Å². The van der Waals surface area contributed by atoms with E-state index in [9.17, 15) is 4.79 Å². The molecule has 0 bridgehead atoms. The van der Waals surface area contributed by atoms with Crippen molar-refractivity contribution < 1.29 is 4.79 Å². The van der Waals surface area contributed by atoms with Crippen LogP contribution in [0.1, 0.15) is 41.9 Å². The molecule has 1 fully saturated rings. The summed E-state index contributed by atoms with van der Waals surface area (Å²) in [6.07, 6.45) is 2.84. The molecule has 0 aromatic heterocycles. The number of nitrogens with two attached hydrogens (primary N) is 3. The molecule has 1 amide bonds. The minimum Gasteiger partial charge on any atom is -0.370 e. The van der Waals surface area contributed by atoms with Gasteiger partial charge in [-0.2, -0.15) is 0 Å². The zero-order valence-electron chi connectivity index (χ0n) is 24.1. The van der Waals surface area contributed by atoms with Crippen LogP contribution in [0.4, 0.5) is 0 Å². The third-order valence-electron chi connectivity index (χ3n) is 8.29. The van der Waals surface area contributed by atoms with Gasteiger partial charge in [0.15, 0.2) is 5.96 Å². The topological polar surface area (TPSA) is 123 Å². The second-order valence-corrected chi connectivity index (χ2v) is 11.3. The smallest absolute Gasteiger partial charge is 0.239 e. The Balaban J connectivity index is 1.36. The summed E-state index contributed by atoms with van der Waals surface area (Å²) >= 11 is 0. The molecular weight excluding hydrogens is 520 g/mol. The van der Waals surface area contributed by atoms with Crippen molar-refractivity contribution in [3.05, 3.63) is 120 Å². The van der Waals surface area contributed by atoms with Crippen LogP contribution in [0.25, 0.3) is 10.8 Å². The summed E-state index contributed by atoms with van der Waals surface area (Å²) in [4.78, 5) is 20.2. The summed E-state index contributed by atoms with van der Waals surface area (Å²) in [7, 11) is 0. The van der Waals surface area contributed by atoms with Crippen LogP contribution in [-0.4, -0.2) is 54.5 Å². The lowest BCUT2D eigenvalue weighted by molar-refractivity contribution is -0.133. The van der Waals surface area contributed by atoms with Gasteiger partial charge in [-0.25, -0.2) is 0 Å². The summed E-state index contributed by atoms with van der Waals surface area (Å²) < 4.78 is 0. The minimum absolute atomic E-state index is 0.00889. The molecule has 218 valence electrons. The quantitative estimate of drug-likeness (QED) is 0.124. The maximum Gasteiger partial charge on any atom is 0.239 e. The van der Waals surface area contributed by atoms with Crippen molar-refractivity contribution in [3.8, 4) is 0 Å². The van der Waals surface area contributed by atoms with Gasteiger partial charge in [-0.3, -0.25) is 9.79 Å². The largest absolute Gasteiger partial charge is 0.370 e. The number of rotatable bonds is 11. The summed E-state index contributed by atoms with van der Waals surface area (Å²) in [5.74, 6) is 0.249. The Morgan fingerprint density at radius 1 is 0.881 bits per heavy atom. The molecule has 1 heterocycles. The lowest BCUT2D eigenvalue weighted by Gasteiger charge is -2.29. The number of benzene rings is 4. The van der Waals surface area contributed by atoms with Gasteiger partial charge in [0.1, 0.15) is 0 Å². The zero-order valence-corrected chi connectivity index (χ0v) is 24.1. The van der Waals surface area contributed by atoms with Crippen LogP contribution < -0.4 is 22.5 Å². The third kappa shape index (κ3) is 7.55. The normalized spacial score (nSPS) is 18.1. The van der Waals surface area contributed by atoms with E-state index >= 15 is 0 Å². The number of hydrogen-bond acceptors (Lipinski definition) is 4. The first-order valence-electron chi connectivity index (χ1n) is 14.9. The Kier molecular flexibility index (Phi) is 9.85. The second-order valence-electron chi connectivity index (χ2n) is 11.3. The van der Waals surface area contributed by atoms with Gasteiger partial charge >= 0.3 is 0 Å². The molecule has 5 rings (SSSR count). The van der Waals surface area contributed by atoms with E-state index in [0.29, 0.717) is 32.5 Å². The molecule has 0 aliphatic carbocycles. The van der Waals surface area contributed by atoms with Gasteiger partial charge < -0.3 is 27.4 Å². The van der Waals surface area contributed by atoms with Gasteiger partial charge in [-0.15, -0.1) is 0 Å². The highest BCUT2D eigenvalue weighted by Gasteiger charge is 2.34. The predicted molar refractivity (Wildman–Crippen MR) is 172 cm³/mol. The molecule has 7 N–H and O–H groups in total. The summed E-state index contributed by atoms with van der Waals surface area (Å²) in [6.45, 7) is 1.73. The molecule has 0 radical (unpaired) electrons. The van der Waals surface area contributed by atoms with Gasteiger partial charge in [-0.05, 0) is 53.1 Å². The molecule has 7 nitrogen and oxygen atoms in total. The van der Waals surface area contributed by atoms with Gasteiger partial charge in [-0.1, -0.05) is 103 Å². The number of fused-ring (bicyclic) bond motifs is 1. The first kappa shape index (κ1) is 29.3. The van der Waals surface area contributed by atoms with Gasteiger partial charge in [0.2, 0.25) is 5.91 Å². The molecule has 1 aliphatic rings. The number of carbonyl (C=O) groups excluding carboxylic acids is 1. The van der Waals surface area contributed by atoms with Crippen molar-refractivity contribution in [1.29, 1.82) is 0 Å². The first-order chi connectivity index (χ1) is 20.5. The molecule has 1 aliphatic heterocycles. The highest BCUT2D eigenvalue weighted by molar-refractivity contribution is 5.83. The fraction of sp³-hybridized carbons (Fsp3) is 0.314. The molecule has 42 heavy (non-hydrogen) atoms. The number of guanidine groups is 1. The van der Waals surface area contributed by atoms with E-state index in [0.717, 1.165) is 12.8 Å². The van der Waals surface area contributed by atoms with Crippen LogP contribution in [0, 0.1) is 0 Å². The summed E-state index contributed by atoms with van der Waals surface area (Å²) in [5.41, 5.74) is 21.6. The molecule has 4 aromatic rings. The standard InChI is InChI=1S/C35H42N6O/c36-31(23-25-17-18-26-10-7-8-15-29(26)22-25)32-19-21-41(34(42)33(40-32)16-9-20-39-35(37)38)24-30(27-11-3-1-4-12-27)28-13-5-2-6-14-28/h1-8,10-15,17-18,22,30-33,40H,9,16,19-21,23-24,36H2,(H4,37,38,39)/t31-,32?,33-/m0/s1. The predicted octanol–water partition coefficient (Wildman–Crippen LogP) is 4.15. The van der Waals surface area contributed by atoms with E-state index in [-0.39, 0.29) is 35.9 Å². The fourth-order valence-corrected chi connectivity index (χ4v) is 6.04. The van der Waals surface area contributed by atoms with Crippen LogP contribution >= 0.6 is 0 Å². The maximum atomic E-state index is 14.1. The van der Waals surface area contributed by atoms with Gasteiger partial charge in [0.25, 0.3) is 0 Å². The molecule has 1 unspecified atom stereocenters. The van der Waals surface area contributed by atoms with E-state index in [1.54, 1.807) is 0 Å². The lowest BCUT2D eigenvalue weighted by atomic mass is 9.90. The summed E-state index contributed by atoms with van der Waals surface area (Å²) in [6, 6.07) is 35.3. The zero-order chi connectivity index (χ0) is 29.3. The Labute approximate surface area is 248 Å². The number of hydrogen-bond donors (Lipinski definition) is 4. The Hall–Kier alpha value is -4.20. The van der Waals surface area contributed by atoms with Crippen molar-refractivity contribution in [2.45, 2.75) is 49.7 Å². The molecule has 1 saturated heterocycles. The average Bonchev–Trinajstić information content (AvgIpc) is 3.17. The fourth-order valence-electron chi connectivity index (χ4n) is 6.04. The Bertz CT molecular complexity index is 1430. The number of amides is 1. The number of nitrogens with one attached hydrogen (secondary N) is 1. The third-order valence-corrected chi connectivity index (χ3v) is 8.29. The molecule has 3 atom stereocenters. The number of carbonyl (C=O) groups is 1. The van der Waals surface area contributed by atoms with E-state index in [2.05, 4.69) is 101 Å². The monoisotopic (exact) mass is 562 g/mol. The van der Waals surface area contributed by atoms with Crippen molar-refractivity contribution in [2.24, 2.45) is 22.2 Å². The molecular formula is C35H42N6O. The molecule has 7 heteroatoms. The number of aliphatic imine (C=N–C) groups is 1. The number of nitrogens with zero attached hydrogens (tertiary/aromatic N) is 2. The molecule has 0 saturated carbocycles. The minimum atomic E-state index is -0.360. The average molecular weight is 563 g/mol. The Morgan fingerprint density at radius 2 is 1.52 bits per heavy atom.